The normalized spacial score (nSPS) is 14.9. The minimum Gasteiger partial charge on any atom is -0.506 e. The highest BCUT2D eigenvalue weighted by molar-refractivity contribution is 5.95. The van der Waals surface area contributed by atoms with Gasteiger partial charge in [0.05, 0.1) is 11.8 Å². The van der Waals surface area contributed by atoms with Gasteiger partial charge in [0.1, 0.15) is 17.1 Å². The maximum Gasteiger partial charge on any atom is 0.271 e. The molecule has 3 rings (SSSR count). The van der Waals surface area contributed by atoms with Gasteiger partial charge in [0.15, 0.2) is 0 Å². The lowest BCUT2D eigenvalue weighted by Crippen LogP contribution is -2.27. The number of aromatic hydroxyl groups is 1. The Morgan fingerprint density at radius 2 is 1.96 bits per heavy atom. The summed E-state index contributed by atoms with van der Waals surface area (Å²) in [6.07, 6.45) is 5.12. The summed E-state index contributed by atoms with van der Waals surface area (Å²) in [5.74, 6) is 0.372. The van der Waals surface area contributed by atoms with Gasteiger partial charge < -0.3 is 9.84 Å². The van der Waals surface area contributed by atoms with E-state index in [0.29, 0.717) is 22.4 Å². The Morgan fingerprint density at radius 1 is 1.21 bits per heavy atom. The summed E-state index contributed by atoms with van der Waals surface area (Å²) in [5.41, 5.74) is 3.65. The van der Waals surface area contributed by atoms with Gasteiger partial charge in [-0.05, 0) is 50.3 Å². The summed E-state index contributed by atoms with van der Waals surface area (Å²) in [6.45, 7) is 3.88. The maximum atomic E-state index is 11.9. The van der Waals surface area contributed by atoms with Crippen molar-refractivity contribution in [3.63, 3.8) is 0 Å². The Morgan fingerprint density at radius 3 is 2.71 bits per heavy atom. The number of hydrogen-bond donors (Lipinski definition) is 2. The molecule has 1 amide bonds. The van der Waals surface area contributed by atoms with Crippen LogP contribution in [0.3, 0.4) is 0 Å². The number of amides is 1. The predicted molar refractivity (Wildman–Crippen MR) is 93.4 cm³/mol. The summed E-state index contributed by atoms with van der Waals surface area (Å²) in [6, 6.07) is 12.3. The standard InChI is InChI=1S/C19H18N2O3/c1-19(2)11-10-15-16(24-19)9-8-14(17(15)22)12-20-21-18(23)13-6-4-3-5-7-13/h3-12,22H,1-2H3,(H,21,23)/b20-12+. The van der Waals surface area contributed by atoms with Crippen LogP contribution in [-0.2, 0) is 0 Å². The number of carbonyl (C=O) groups excluding carboxylic acids is 1. The van der Waals surface area contributed by atoms with E-state index in [9.17, 15) is 9.90 Å². The third-order valence-electron chi connectivity index (χ3n) is 3.64. The fraction of sp³-hybridized carbons (Fsp3) is 0.158. The number of hydrogen-bond acceptors (Lipinski definition) is 4. The first-order chi connectivity index (χ1) is 11.5. The Kier molecular flexibility index (Phi) is 4.08. The monoisotopic (exact) mass is 322 g/mol. The SMILES string of the molecule is CC1(C)C=Cc2c(ccc(/C=N/NC(=O)c3ccccc3)c2O)O1. The fourth-order valence-electron chi connectivity index (χ4n) is 2.38. The Hall–Kier alpha value is -3.08. The molecule has 1 heterocycles. The second kappa shape index (κ2) is 6.20. The molecule has 0 saturated heterocycles. The molecule has 0 spiro atoms. The highest BCUT2D eigenvalue weighted by atomic mass is 16.5. The second-order valence-electron chi connectivity index (χ2n) is 6.02. The number of nitrogens with zero attached hydrogens (tertiary/aromatic N) is 1. The van der Waals surface area contributed by atoms with Crippen LogP contribution in [0, 0.1) is 0 Å². The first-order valence-electron chi connectivity index (χ1n) is 7.59. The van der Waals surface area contributed by atoms with Crippen LogP contribution in [0.4, 0.5) is 0 Å². The molecule has 0 atom stereocenters. The summed E-state index contributed by atoms with van der Waals surface area (Å²) in [7, 11) is 0. The van der Waals surface area contributed by atoms with E-state index < -0.39 is 5.60 Å². The predicted octanol–water partition coefficient (Wildman–Crippen LogP) is 3.34. The quantitative estimate of drug-likeness (QED) is 0.672. The van der Waals surface area contributed by atoms with Crippen molar-refractivity contribution in [3.8, 4) is 11.5 Å². The van der Waals surface area contributed by atoms with Crippen LogP contribution in [0.25, 0.3) is 6.08 Å². The van der Waals surface area contributed by atoms with Gasteiger partial charge >= 0.3 is 0 Å². The van der Waals surface area contributed by atoms with Crippen molar-refractivity contribution in [1.29, 1.82) is 0 Å². The second-order valence-corrected chi connectivity index (χ2v) is 6.02. The largest absolute Gasteiger partial charge is 0.506 e. The van der Waals surface area contributed by atoms with E-state index in [1.165, 1.54) is 6.21 Å². The van der Waals surface area contributed by atoms with Crippen molar-refractivity contribution >= 4 is 18.2 Å². The van der Waals surface area contributed by atoms with Crippen LogP contribution < -0.4 is 10.2 Å². The summed E-state index contributed by atoms with van der Waals surface area (Å²) < 4.78 is 5.79. The van der Waals surface area contributed by atoms with Crippen molar-refractivity contribution in [2.45, 2.75) is 19.4 Å². The van der Waals surface area contributed by atoms with Gasteiger partial charge in [0.25, 0.3) is 5.91 Å². The Balaban J connectivity index is 1.76. The van der Waals surface area contributed by atoms with Gasteiger partial charge in [0.2, 0.25) is 0 Å². The summed E-state index contributed by atoms with van der Waals surface area (Å²) >= 11 is 0. The molecule has 0 radical (unpaired) electrons. The number of benzene rings is 2. The van der Waals surface area contributed by atoms with Gasteiger partial charge in [0, 0.05) is 11.1 Å². The molecule has 24 heavy (non-hydrogen) atoms. The molecule has 0 bridgehead atoms. The Bertz CT molecular complexity index is 824. The molecule has 2 N–H and O–H groups in total. The number of phenolic OH excluding ortho intramolecular Hbond substituents is 1. The molecule has 0 aromatic heterocycles. The highest BCUT2D eigenvalue weighted by Crippen LogP contribution is 2.37. The third-order valence-corrected chi connectivity index (χ3v) is 3.64. The van der Waals surface area contributed by atoms with E-state index in [1.807, 2.05) is 32.1 Å². The van der Waals surface area contributed by atoms with E-state index in [-0.39, 0.29) is 11.7 Å². The number of carbonyl (C=O) groups is 1. The smallest absolute Gasteiger partial charge is 0.271 e. The van der Waals surface area contributed by atoms with E-state index in [1.54, 1.807) is 36.4 Å². The number of ether oxygens (including phenoxy) is 1. The molecular formula is C19H18N2O3. The third kappa shape index (κ3) is 3.30. The van der Waals surface area contributed by atoms with Crippen LogP contribution in [0.2, 0.25) is 0 Å². The molecule has 2 aromatic carbocycles. The number of nitrogens with one attached hydrogen (secondary N) is 1. The molecular weight excluding hydrogens is 304 g/mol. The van der Waals surface area contributed by atoms with Crippen molar-refractivity contribution in [2.75, 3.05) is 0 Å². The van der Waals surface area contributed by atoms with Crippen molar-refractivity contribution in [3.05, 3.63) is 65.2 Å². The van der Waals surface area contributed by atoms with Crippen molar-refractivity contribution in [2.24, 2.45) is 5.10 Å². The van der Waals surface area contributed by atoms with Crippen molar-refractivity contribution in [1.82, 2.24) is 5.43 Å². The fourth-order valence-corrected chi connectivity index (χ4v) is 2.38. The van der Waals surface area contributed by atoms with Crippen LogP contribution in [-0.4, -0.2) is 22.8 Å². The maximum absolute atomic E-state index is 11.9. The molecule has 5 nitrogen and oxygen atoms in total. The van der Waals surface area contributed by atoms with Gasteiger partial charge in [-0.15, -0.1) is 0 Å². The van der Waals surface area contributed by atoms with Crippen molar-refractivity contribution < 1.29 is 14.6 Å². The first kappa shape index (κ1) is 15.8. The molecule has 1 aliphatic heterocycles. The number of hydrazone groups is 1. The molecule has 0 saturated carbocycles. The lowest BCUT2D eigenvalue weighted by Gasteiger charge is -2.28. The lowest BCUT2D eigenvalue weighted by molar-refractivity contribution is 0.0955. The van der Waals surface area contributed by atoms with E-state index >= 15 is 0 Å². The van der Waals surface area contributed by atoms with Gasteiger partial charge in [-0.3, -0.25) is 4.79 Å². The number of fused-ring (bicyclic) bond motifs is 1. The van der Waals surface area contributed by atoms with E-state index in [2.05, 4.69) is 10.5 Å². The number of phenols is 1. The van der Waals surface area contributed by atoms with Gasteiger partial charge in [-0.1, -0.05) is 18.2 Å². The zero-order valence-corrected chi connectivity index (χ0v) is 13.5. The highest BCUT2D eigenvalue weighted by Gasteiger charge is 2.24. The molecule has 2 aromatic rings. The Labute approximate surface area is 140 Å². The van der Waals surface area contributed by atoms with Crippen LogP contribution in [0.5, 0.6) is 11.5 Å². The molecule has 122 valence electrons. The topological polar surface area (TPSA) is 70.9 Å². The van der Waals surface area contributed by atoms with Crippen LogP contribution >= 0.6 is 0 Å². The van der Waals surface area contributed by atoms with Crippen LogP contribution in [0.1, 0.15) is 35.3 Å². The summed E-state index contributed by atoms with van der Waals surface area (Å²) in [5, 5.41) is 14.3. The minimum absolute atomic E-state index is 0.0666. The number of rotatable bonds is 3. The molecule has 0 unspecified atom stereocenters. The molecule has 5 heteroatoms. The average molecular weight is 322 g/mol. The van der Waals surface area contributed by atoms with E-state index in [0.717, 1.165) is 0 Å². The molecule has 0 aliphatic carbocycles. The molecule has 1 aliphatic rings. The first-order valence-corrected chi connectivity index (χ1v) is 7.59. The summed E-state index contributed by atoms with van der Waals surface area (Å²) in [4.78, 5) is 11.9. The van der Waals surface area contributed by atoms with Gasteiger partial charge in [-0.2, -0.15) is 5.10 Å². The van der Waals surface area contributed by atoms with E-state index in [4.69, 9.17) is 4.74 Å². The minimum atomic E-state index is -0.404. The van der Waals surface area contributed by atoms with Gasteiger partial charge in [-0.25, -0.2) is 5.43 Å². The zero-order valence-electron chi connectivity index (χ0n) is 13.5. The lowest BCUT2D eigenvalue weighted by atomic mass is 10.00. The molecule has 0 fully saturated rings. The van der Waals surface area contributed by atoms with Crippen LogP contribution in [0.15, 0.2) is 53.6 Å². The zero-order chi connectivity index (χ0) is 17.2. The average Bonchev–Trinajstić information content (AvgIpc) is 2.56.